The van der Waals surface area contributed by atoms with Gasteiger partial charge in [-0.1, -0.05) is 123 Å². The van der Waals surface area contributed by atoms with Gasteiger partial charge in [0.2, 0.25) is 0 Å². The van der Waals surface area contributed by atoms with Crippen LogP contribution in [0.25, 0.3) is 69.9 Å². The van der Waals surface area contributed by atoms with Crippen molar-refractivity contribution in [3.05, 3.63) is 193 Å². The van der Waals surface area contributed by atoms with E-state index < -0.39 is 0 Å². The van der Waals surface area contributed by atoms with Crippen LogP contribution >= 0.6 is 11.3 Å². The number of rotatable bonds is 5. The number of hydrogen-bond acceptors (Lipinski definition) is 2. The summed E-state index contributed by atoms with van der Waals surface area (Å²) >= 11 is 1.88. The van der Waals surface area contributed by atoms with E-state index in [1.54, 1.807) is 0 Å². The largest absolute Gasteiger partial charge is 0.310 e. The molecule has 0 atom stereocenters. The number of aromatic nitrogens is 1. The Balaban J connectivity index is 1.17. The minimum atomic E-state index is -0.0909. The van der Waals surface area contributed by atoms with Gasteiger partial charge in [0.1, 0.15) is 0 Å². The summed E-state index contributed by atoms with van der Waals surface area (Å²) in [6.07, 6.45) is 0. The van der Waals surface area contributed by atoms with E-state index in [1.807, 2.05) is 11.3 Å². The predicted molar refractivity (Wildman–Crippen MR) is 231 cm³/mol. The fourth-order valence-electron chi connectivity index (χ4n) is 9.01. The Kier molecular flexibility index (Phi) is 6.80. The standard InChI is InChI=1S/C51H36N2S/c1-51(2)44-21-13-12-20-39(44)40-25-23-38(32-45(40)51)52(35-16-8-4-9-17-35)37-24-27-46-42(31-37)41-26-29-48-49(50(41)53(46)36-18-10-5-11-19-36)43-30-34(22-28-47(43)54-48)33-14-6-3-7-15-33/h3-32H,1-2H3. The van der Waals surface area contributed by atoms with E-state index in [9.17, 15) is 0 Å². The van der Waals surface area contributed by atoms with E-state index in [0.29, 0.717) is 0 Å². The van der Waals surface area contributed by atoms with Gasteiger partial charge in [-0.15, -0.1) is 11.3 Å². The van der Waals surface area contributed by atoms with E-state index >= 15 is 0 Å². The average Bonchev–Trinajstić information content (AvgIpc) is 3.84. The van der Waals surface area contributed by atoms with Crippen molar-refractivity contribution >= 4 is 70.4 Å². The normalized spacial score (nSPS) is 13.1. The number of thiophene rings is 1. The summed E-state index contributed by atoms with van der Waals surface area (Å²) in [5.41, 5.74) is 14.9. The van der Waals surface area contributed by atoms with E-state index in [2.05, 4.69) is 205 Å². The minimum Gasteiger partial charge on any atom is -0.310 e. The maximum absolute atomic E-state index is 2.49. The molecule has 3 heteroatoms. The molecule has 0 aliphatic heterocycles. The zero-order valence-corrected chi connectivity index (χ0v) is 30.9. The lowest BCUT2D eigenvalue weighted by Crippen LogP contribution is -2.16. The SMILES string of the molecule is CC1(C)c2ccccc2-c2ccc(N(c3ccccc3)c3ccc4c(c3)c3ccc5sc6ccc(-c7ccccc7)cc6c5c3n4-c3ccccc3)cc21. The molecular weight excluding hydrogens is 673 g/mol. The Bertz CT molecular complexity index is 3060. The van der Waals surface area contributed by atoms with Crippen LogP contribution in [0.4, 0.5) is 17.1 Å². The molecule has 0 bridgehead atoms. The number of nitrogens with zero attached hydrogens (tertiary/aromatic N) is 2. The summed E-state index contributed by atoms with van der Waals surface area (Å²) in [7, 11) is 0. The summed E-state index contributed by atoms with van der Waals surface area (Å²) in [6, 6.07) is 67.0. The molecule has 0 saturated heterocycles. The maximum atomic E-state index is 2.49. The Hall–Kier alpha value is -6.42. The molecule has 0 N–H and O–H groups in total. The van der Waals surface area contributed by atoms with Crippen LogP contribution < -0.4 is 4.90 Å². The van der Waals surface area contributed by atoms with Gasteiger partial charge >= 0.3 is 0 Å². The second-order valence-electron chi connectivity index (χ2n) is 15.0. The summed E-state index contributed by atoms with van der Waals surface area (Å²) in [5, 5.41) is 5.11. The summed E-state index contributed by atoms with van der Waals surface area (Å²) in [4.78, 5) is 2.43. The lowest BCUT2D eigenvalue weighted by molar-refractivity contribution is 0.660. The van der Waals surface area contributed by atoms with Crippen LogP contribution in [-0.2, 0) is 5.41 Å². The molecule has 8 aromatic carbocycles. The van der Waals surface area contributed by atoms with Crippen LogP contribution in [-0.4, -0.2) is 4.57 Å². The number of benzene rings is 8. The predicted octanol–water partition coefficient (Wildman–Crippen LogP) is 14.6. The molecule has 2 nitrogen and oxygen atoms in total. The van der Waals surface area contributed by atoms with Crippen molar-refractivity contribution in [2.24, 2.45) is 0 Å². The first-order chi connectivity index (χ1) is 26.5. The first kappa shape index (κ1) is 31.1. The highest BCUT2D eigenvalue weighted by Gasteiger charge is 2.35. The summed E-state index contributed by atoms with van der Waals surface area (Å²) < 4.78 is 5.09. The first-order valence-corrected chi connectivity index (χ1v) is 19.5. The van der Waals surface area contributed by atoms with Crippen molar-refractivity contribution in [3.8, 4) is 27.9 Å². The Morgan fingerprint density at radius 2 is 1.13 bits per heavy atom. The molecule has 256 valence electrons. The molecule has 1 aliphatic rings. The van der Waals surface area contributed by atoms with Crippen LogP contribution in [0.15, 0.2) is 182 Å². The summed E-state index contributed by atoms with van der Waals surface area (Å²) in [6.45, 7) is 4.72. The van der Waals surface area contributed by atoms with Gasteiger partial charge in [0.15, 0.2) is 0 Å². The fraction of sp³-hybridized carbons (Fsp3) is 0.0588. The molecule has 0 spiro atoms. The molecule has 0 amide bonds. The zero-order chi connectivity index (χ0) is 36.0. The molecule has 2 heterocycles. The van der Waals surface area contributed by atoms with Gasteiger partial charge in [-0.3, -0.25) is 0 Å². The van der Waals surface area contributed by atoms with Crippen molar-refractivity contribution in [2.75, 3.05) is 4.90 Å². The third kappa shape index (κ3) is 4.58. The van der Waals surface area contributed by atoms with Gasteiger partial charge < -0.3 is 9.47 Å². The topological polar surface area (TPSA) is 8.17 Å². The van der Waals surface area contributed by atoms with Gasteiger partial charge in [-0.25, -0.2) is 0 Å². The monoisotopic (exact) mass is 708 g/mol. The lowest BCUT2D eigenvalue weighted by Gasteiger charge is -2.28. The van der Waals surface area contributed by atoms with Crippen molar-refractivity contribution < 1.29 is 0 Å². The van der Waals surface area contributed by atoms with Gasteiger partial charge in [-0.05, 0) is 106 Å². The third-order valence-electron chi connectivity index (χ3n) is 11.6. The van der Waals surface area contributed by atoms with Crippen molar-refractivity contribution in [1.29, 1.82) is 0 Å². The van der Waals surface area contributed by atoms with Crippen molar-refractivity contribution in [3.63, 3.8) is 0 Å². The van der Waals surface area contributed by atoms with Gasteiger partial charge in [0.05, 0.1) is 11.0 Å². The van der Waals surface area contributed by atoms with E-state index in [4.69, 9.17) is 0 Å². The molecule has 1 aliphatic carbocycles. The molecular formula is C51H36N2S. The van der Waals surface area contributed by atoms with Crippen molar-refractivity contribution in [1.82, 2.24) is 4.57 Å². The molecule has 11 rings (SSSR count). The Labute approximate surface area is 318 Å². The van der Waals surface area contributed by atoms with E-state index in [0.717, 1.165) is 22.7 Å². The number of fused-ring (bicyclic) bond motifs is 10. The Morgan fingerprint density at radius 3 is 1.94 bits per heavy atom. The van der Waals surface area contributed by atoms with Crippen LogP contribution in [0.1, 0.15) is 25.0 Å². The fourth-order valence-corrected chi connectivity index (χ4v) is 10.1. The van der Waals surface area contributed by atoms with E-state index in [1.165, 1.54) is 75.4 Å². The lowest BCUT2D eigenvalue weighted by atomic mass is 9.82. The number of para-hydroxylation sites is 2. The smallest absolute Gasteiger partial charge is 0.0634 e. The average molecular weight is 709 g/mol. The van der Waals surface area contributed by atoms with Crippen LogP contribution in [0, 0.1) is 0 Å². The number of hydrogen-bond donors (Lipinski definition) is 0. The van der Waals surface area contributed by atoms with E-state index in [-0.39, 0.29) is 5.41 Å². The molecule has 10 aromatic rings. The summed E-state index contributed by atoms with van der Waals surface area (Å²) in [5.74, 6) is 0. The van der Waals surface area contributed by atoms with Gasteiger partial charge in [-0.2, -0.15) is 0 Å². The molecule has 0 fully saturated rings. The second kappa shape index (κ2) is 11.8. The molecule has 2 aromatic heterocycles. The van der Waals surface area contributed by atoms with Crippen molar-refractivity contribution in [2.45, 2.75) is 19.3 Å². The zero-order valence-electron chi connectivity index (χ0n) is 30.1. The first-order valence-electron chi connectivity index (χ1n) is 18.7. The molecule has 0 unspecified atom stereocenters. The second-order valence-corrected chi connectivity index (χ2v) is 16.0. The van der Waals surface area contributed by atoms with Crippen LogP contribution in [0.5, 0.6) is 0 Å². The van der Waals surface area contributed by atoms with Crippen LogP contribution in [0.2, 0.25) is 0 Å². The van der Waals surface area contributed by atoms with Crippen LogP contribution in [0.3, 0.4) is 0 Å². The molecule has 0 radical (unpaired) electrons. The van der Waals surface area contributed by atoms with Gasteiger partial charge in [0, 0.05) is 59.1 Å². The maximum Gasteiger partial charge on any atom is 0.0634 e. The highest BCUT2D eigenvalue weighted by Crippen LogP contribution is 2.51. The quantitative estimate of drug-likeness (QED) is 0.173. The minimum absolute atomic E-state index is 0.0909. The molecule has 0 saturated carbocycles. The highest BCUT2D eigenvalue weighted by atomic mass is 32.1. The Morgan fingerprint density at radius 1 is 0.463 bits per heavy atom. The van der Waals surface area contributed by atoms with Gasteiger partial charge in [0.25, 0.3) is 0 Å². The third-order valence-corrected chi connectivity index (χ3v) is 12.7. The molecule has 54 heavy (non-hydrogen) atoms. The highest BCUT2D eigenvalue weighted by molar-refractivity contribution is 7.26. The number of anilines is 3.